The summed E-state index contributed by atoms with van der Waals surface area (Å²) in [6, 6.07) is 2.13. The second-order valence-electron chi connectivity index (χ2n) is 5.46. The fraction of sp³-hybridized carbons (Fsp3) is 0.714. The summed E-state index contributed by atoms with van der Waals surface area (Å²) < 4.78 is 0. The largest absolute Gasteiger partial charge is 0.356 e. The minimum absolute atomic E-state index is 0.460. The molecule has 0 atom stereocenters. The summed E-state index contributed by atoms with van der Waals surface area (Å²) in [7, 11) is 0. The van der Waals surface area contributed by atoms with E-state index in [-0.39, 0.29) is 0 Å². The van der Waals surface area contributed by atoms with Gasteiger partial charge in [-0.3, -0.25) is 0 Å². The molecule has 4 heteroatoms. The van der Waals surface area contributed by atoms with E-state index in [4.69, 9.17) is 5.73 Å². The topological polar surface area (TPSA) is 55.0 Å². The lowest BCUT2D eigenvalue weighted by Gasteiger charge is -2.32. The Morgan fingerprint density at radius 2 is 2.06 bits per heavy atom. The van der Waals surface area contributed by atoms with Gasteiger partial charge in [0.2, 0.25) is 0 Å². The minimum atomic E-state index is 0.460. The molecule has 0 radical (unpaired) electrons. The molecule has 1 fully saturated rings. The first-order valence-corrected chi connectivity index (χ1v) is 6.97. The summed E-state index contributed by atoms with van der Waals surface area (Å²) >= 11 is 0. The van der Waals surface area contributed by atoms with Gasteiger partial charge >= 0.3 is 0 Å². The van der Waals surface area contributed by atoms with E-state index in [0.717, 1.165) is 43.5 Å². The van der Waals surface area contributed by atoms with Crippen molar-refractivity contribution in [3.05, 3.63) is 18.1 Å². The molecular formula is C14H24N4. The lowest BCUT2D eigenvalue weighted by Crippen LogP contribution is -2.35. The van der Waals surface area contributed by atoms with Gasteiger partial charge in [0.1, 0.15) is 12.1 Å². The molecule has 2 N–H and O–H groups in total. The van der Waals surface area contributed by atoms with Gasteiger partial charge in [-0.25, -0.2) is 9.97 Å². The number of nitrogens with zero attached hydrogens (tertiary/aromatic N) is 3. The molecule has 0 aromatic carbocycles. The predicted octanol–water partition coefficient (Wildman–Crippen LogP) is 2.17. The number of hydrogen-bond donors (Lipinski definition) is 1. The van der Waals surface area contributed by atoms with Gasteiger partial charge in [-0.1, -0.05) is 13.8 Å². The van der Waals surface area contributed by atoms with Gasteiger partial charge in [0, 0.05) is 24.8 Å². The number of nitrogens with two attached hydrogens (primary N) is 1. The Labute approximate surface area is 110 Å². The number of hydrogen-bond acceptors (Lipinski definition) is 4. The Morgan fingerprint density at radius 3 is 2.67 bits per heavy atom. The van der Waals surface area contributed by atoms with Crippen LogP contribution in [0.4, 0.5) is 5.82 Å². The summed E-state index contributed by atoms with van der Waals surface area (Å²) in [4.78, 5) is 11.1. The number of aromatic nitrogens is 2. The van der Waals surface area contributed by atoms with Crippen LogP contribution in [-0.2, 0) is 0 Å². The van der Waals surface area contributed by atoms with Crippen molar-refractivity contribution in [3.63, 3.8) is 0 Å². The van der Waals surface area contributed by atoms with Crippen LogP contribution in [0.25, 0.3) is 0 Å². The summed E-state index contributed by atoms with van der Waals surface area (Å²) in [5, 5.41) is 0. The highest BCUT2D eigenvalue weighted by Gasteiger charge is 2.20. The Morgan fingerprint density at radius 1 is 1.33 bits per heavy atom. The highest BCUT2D eigenvalue weighted by Crippen LogP contribution is 2.24. The lowest BCUT2D eigenvalue weighted by molar-refractivity contribution is 0.385. The van der Waals surface area contributed by atoms with Crippen LogP contribution >= 0.6 is 0 Å². The summed E-state index contributed by atoms with van der Waals surface area (Å²) in [6.07, 6.45) is 5.32. The van der Waals surface area contributed by atoms with Gasteiger partial charge in [-0.05, 0) is 37.6 Å². The first-order valence-electron chi connectivity index (χ1n) is 6.97. The highest BCUT2D eigenvalue weighted by molar-refractivity contribution is 5.39. The molecule has 1 aromatic rings. The van der Waals surface area contributed by atoms with Gasteiger partial charge < -0.3 is 10.6 Å². The van der Waals surface area contributed by atoms with E-state index >= 15 is 0 Å². The van der Waals surface area contributed by atoms with Crippen LogP contribution in [0.2, 0.25) is 0 Å². The zero-order valence-electron chi connectivity index (χ0n) is 11.5. The van der Waals surface area contributed by atoms with Gasteiger partial charge in [0.15, 0.2) is 0 Å². The molecule has 0 spiro atoms. The smallest absolute Gasteiger partial charge is 0.132 e. The Kier molecular flexibility index (Phi) is 4.53. The van der Waals surface area contributed by atoms with Gasteiger partial charge in [-0.2, -0.15) is 0 Å². The van der Waals surface area contributed by atoms with Gasteiger partial charge in [-0.15, -0.1) is 0 Å². The first kappa shape index (κ1) is 13.3. The number of rotatable bonds is 4. The molecule has 2 rings (SSSR count). The van der Waals surface area contributed by atoms with Crippen LogP contribution in [0.15, 0.2) is 12.4 Å². The predicted molar refractivity (Wildman–Crippen MR) is 74.7 cm³/mol. The fourth-order valence-corrected chi connectivity index (χ4v) is 2.54. The molecule has 1 aliphatic rings. The molecule has 0 bridgehead atoms. The third-order valence-corrected chi connectivity index (χ3v) is 3.78. The van der Waals surface area contributed by atoms with Gasteiger partial charge in [0.05, 0.1) is 0 Å². The van der Waals surface area contributed by atoms with Crippen molar-refractivity contribution < 1.29 is 0 Å². The average Bonchev–Trinajstić information content (AvgIpc) is 2.40. The van der Waals surface area contributed by atoms with E-state index < -0.39 is 0 Å². The Bertz CT molecular complexity index is 370. The summed E-state index contributed by atoms with van der Waals surface area (Å²) in [6.45, 7) is 7.34. The van der Waals surface area contributed by atoms with Crippen LogP contribution in [0.3, 0.4) is 0 Å². The monoisotopic (exact) mass is 248 g/mol. The standard InChI is InChI=1S/C14H24N4/c1-11(2)13-9-14(17-10-16-13)18-7-4-12(3-6-15)5-8-18/h9-12H,3-8,15H2,1-2H3. The second kappa shape index (κ2) is 6.14. The average molecular weight is 248 g/mol. The summed E-state index contributed by atoms with van der Waals surface area (Å²) in [5.41, 5.74) is 6.75. The van der Waals surface area contributed by atoms with Crippen LogP contribution in [0.5, 0.6) is 0 Å². The van der Waals surface area contributed by atoms with E-state index in [1.807, 2.05) is 0 Å². The quantitative estimate of drug-likeness (QED) is 0.887. The van der Waals surface area contributed by atoms with E-state index in [9.17, 15) is 0 Å². The molecule has 0 saturated carbocycles. The molecule has 100 valence electrons. The Hall–Kier alpha value is -1.16. The molecule has 1 aromatic heterocycles. The van der Waals surface area contributed by atoms with Crippen molar-refractivity contribution >= 4 is 5.82 Å². The van der Waals surface area contributed by atoms with E-state index in [1.165, 1.54) is 12.8 Å². The van der Waals surface area contributed by atoms with E-state index in [1.54, 1.807) is 6.33 Å². The maximum atomic E-state index is 5.62. The van der Waals surface area contributed by atoms with Crippen LogP contribution in [-0.4, -0.2) is 29.6 Å². The van der Waals surface area contributed by atoms with E-state index in [0.29, 0.717) is 5.92 Å². The van der Waals surface area contributed by atoms with Gasteiger partial charge in [0.25, 0.3) is 0 Å². The van der Waals surface area contributed by atoms with Crippen LogP contribution in [0.1, 0.15) is 44.7 Å². The SMILES string of the molecule is CC(C)c1cc(N2CCC(CCN)CC2)ncn1. The molecule has 4 nitrogen and oxygen atoms in total. The molecule has 0 amide bonds. The normalized spacial score (nSPS) is 17.4. The molecule has 1 saturated heterocycles. The van der Waals surface area contributed by atoms with Crippen molar-refractivity contribution in [3.8, 4) is 0 Å². The van der Waals surface area contributed by atoms with Crippen molar-refractivity contribution in [1.82, 2.24) is 9.97 Å². The molecule has 0 unspecified atom stereocenters. The maximum Gasteiger partial charge on any atom is 0.132 e. The lowest BCUT2D eigenvalue weighted by atomic mass is 9.93. The van der Waals surface area contributed by atoms with Crippen molar-refractivity contribution in [2.24, 2.45) is 11.7 Å². The third-order valence-electron chi connectivity index (χ3n) is 3.78. The second-order valence-corrected chi connectivity index (χ2v) is 5.46. The van der Waals surface area contributed by atoms with Crippen molar-refractivity contribution in [2.45, 2.75) is 39.0 Å². The molecule has 1 aliphatic heterocycles. The Balaban J connectivity index is 1.98. The molecule has 18 heavy (non-hydrogen) atoms. The number of piperidine rings is 1. The number of anilines is 1. The minimum Gasteiger partial charge on any atom is -0.356 e. The van der Waals surface area contributed by atoms with Crippen molar-refractivity contribution in [2.75, 3.05) is 24.5 Å². The zero-order chi connectivity index (χ0) is 13.0. The molecular weight excluding hydrogens is 224 g/mol. The fourth-order valence-electron chi connectivity index (χ4n) is 2.54. The zero-order valence-corrected chi connectivity index (χ0v) is 11.5. The van der Waals surface area contributed by atoms with E-state index in [2.05, 4.69) is 34.8 Å². The molecule has 2 heterocycles. The third kappa shape index (κ3) is 3.19. The maximum absolute atomic E-state index is 5.62. The highest BCUT2D eigenvalue weighted by atomic mass is 15.2. The molecule has 0 aliphatic carbocycles. The summed E-state index contributed by atoms with van der Waals surface area (Å²) in [5.74, 6) is 2.35. The van der Waals surface area contributed by atoms with Crippen LogP contribution in [0, 0.1) is 5.92 Å². The van der Waals surface area contributed by atoms with Crippen molar-refractivity contribution in [1.29, 1.82) is 0 Å². The first-order chi connectivity index (χ1) is 8.70. The van der Waals surface area contributed by atoms with Crippen LogP contribution < -0.4 is 10.6 Å².